The van der Waals surface area contributed by atoms with E-state index in [1.54, 1.807) is 25.1 Å². The lowest BCUT2D eigenvalue weighted by Crippen LogP contribution is -2.52. The van der Waals surface area contributed by atoms with Crippen LogP contribution in [-0.2, 0) is 10.0 Å². The van der Waals surface area contributed by atoms with Crippen LogP contribution in [0.5, 0.6) is 0 Å². The van der Waals surface area contributed by atoms with Crippen molar-refractivity contribution in [1.29, 1.82) is 0 Å². The quantitative estimate of drug-likeness (QED) is 0.861. The number of aryl methyl sites for hydroxylation is 1. The van der Waals surface area contributed by atoms with Crippen molar-refractivity contribution in [2.45, 2.75) is 19.9 Å². The molecule has 0 radical (unpaired) electrons. The van der Waals surface area contributed by atoms with Gasteiger partial charge in [0.2, 0.25) is 10.0 Å². The van der Waals surface area contributed by atoms with Crippen LogP contribution in [0.25, 0.3) is 0 Å². The summed E-state index contributed by atoms with van der Waals surface area (Å²) in [4.78, 5) is 14.4. The van der Waals surface area contributed by atoms with E-state index in [2.05, 4.69) is 10.0 Å². The highest BCUT2D eigenvalue weighted by Gasteiger charge is 2.24. The third-order valence-corrected chi connectivity index (χ3v) is 4.13. The highest BCUT2D eigenvalue weighted by molar-refractivity contribution is 7.92. The second kappa shape index (κ2) is 7.30. The Balaban J connectivity index is 0.00000242. The molecule has 1 fully saturated rings. The van der Waals surface area contributed by atoms with Crippen molar-refractivity contribution in [1.82, 2.24) is 10.2 Å². The number of hydrogen-bond donors (Lipinski definition) is 2. The molecule has 0 saturated carbocycles. The van der Waals surface area contributed by atoms with E-state index in [1.165, 1.54) is 0 Å². The van der Waals surface area contributed by atoms with Crippen LogP contribution in [0.3, 0.4) is 0 Å². The van der Waals surface area contributed by atoms with Gasteiger partial charge in [0.15, 0.2) is 0 Å². The second-order valence-corrected chi connectivity index (χ2v) is 7.20. The standard InChI is InChI=1S/C14H21N3O3S.ClH/c1-10-4-5-12(8-13(10)16-21(3,19)20)14(18)17-7-6-15-9-11(17)2;/h4-5,8,11,15-16H,6-7,9H2,1-3H3;1H/t11-;/m0./s1. The molecule has 1 atom stereocenters. The molecule has 0 unspecified atom stereocenters. The fourth-order valence-electron chi connectivity index (χ4n) is 2.37. The SMILES string of the molecule is Cc1ccc(C(=O)N2CCNC[C@@H]2C)cc1NS(C)(=O)=O.Cl. The molecule has 1 saturated heterocycles. The molecule has 0 bridgehead atoms. The molecule has 6 nitrogen and oxygen atoms in total. The second-order valence-electron chi connectivity index (χ2n) is 5.46. The van der Waals surface area contributed by atoms with Gasteiger partial charge in [-0.05, 0) is 31.5 Å². The first-order chi connectivity index (χ1) is 9.78. The lowest BCUT2D eigenvalue weighted by Gasteiger charge is -2.34. The average molecular weight is 348 g/mol. The molecule has 0 aromatic heterocycles. The first-order valence-corrected chi connectivity index (χ1v) is 8.77. The molecule has 1 aliphatic heterocycles. The van der Waals surface area contributed by atoms with Crippen LogP contribution in [0, 0.1) is 6.92 Å². The Hall–Kier alpha value is -1.31. The Morgan fingerprint density at radius 3 is 2.68 bits per heavy atom. The van der Waals surface area contributed by atoms with E-state index in [1.807, 2.05) is 11.8 Å². The van der Waals surface area contributed by atoms with Gasteiger partial charge in [-0.3, -0.25) is 9.52 Å². The maximum Gasteiger partial charge on any atom is 0.254 e. The molecule has 124 valence electrons. The molecule has 2 rings (SSSR count). The molecule has 1 aromatic rings. The molecule has 0 aliphatic carbocycles. The summed E-state index contributed by atoms with van der Waals surface area (Å²) in [7, 11) is -3.36. The minimum absolute atomic E-state index is 0. The van der Waals surface area contributed by atoms with Crippen molar-refractivity contribution in [3.8, 4) is 0 Å². The molecule has 1 heterocycles. The van der Waals surface area contributed by atoms with Gasteiger partial charge in [-0.2, -0.15) is 0 Å². The normalized spacial score (nSPS) is 18.5. The zero-order valence-corrected chi connectivity index (χ0v) is 14.6. The number of nitrogens with one attached hydrogen (secondary N) is 2. The predicted octanol–water partition coefficient (Wildman–Crippen LogP) is 1.22. The van der Waals surface area contributed by atoms with Gasteiger partial charge in [-0.1, -0.05) is 6.07 Å². The van der Waals surface area contributed by atoms with Gasteiger partial charge in [0.1, 0.15) is 0 Å². The molecular formula is C14H22ClN3O3S. The van der Waals surface area contributed by atoms with Crippen molar-refractivity contribution < 1.29 is 13.2 Å². The Labute approximate surface area is 137 Å². The fraction of sp³-hybridized carbons (Fsp3) is 0.500. The van der Waals surface area contributed by atoms with Gasteiger partial charge < -0.3 is 10.2 Å². The molecule has 22 heavy (non-hydrogen) atoms. The molecule has 2 N–H and O–H groups in total. The summed E-state index contributed by atoms with van der Waals surface area (Å²) in [6.45, 7) is 5.99. The Morgan fingerprint density at radius 1 is 1.41 bits per heavy atom. The van der Waals surface area contributed by atoms with Crippen LogP contribution in [0.4, 0.5) is 5.69 Å². The number of nitrogens with zero attached hydrogens (tertiary/aromatic N) is 1. The Bertz CT molecular complexity index is 649. The number of amides is 1. The van der Waals surface area contributed by atoms with Gasteiger partial charge in [0.25, 0.3) is 5.91 Å². The largest absolute Gasteiger partial charge is 0.333 e. The number of rotatable bonds is 3. The zero-order chi connectivity index (χ0) is 15.6. The number of carbonyl (C=O) groups excluding carboxylic acids is 1. The minimum atomic E-state index is -3.36. The summed E-state index contributed by atoms with van der Waals surface area (Å²) in [5, 5.41) is 3.24. The van der Waals surface area contributed by atoms with E-state index in [4.69, 9.17) is 0 Å². The number of piperazine rings is 1. The number of anilines is 1. The average Bonchev–Trinajstić information content (AvgIpc) is 2.39. The third kappa shape index (κ3) is 4.59. The predicted molar refractivity (Wildman–Crippen MR) is 90.3 cm³/mol. The number of sulfonamides is 1. The first kappa shape index (κ1) is 18.7. The van der Waals surface area contributed by atoms with E-state index in [0.29, 0.717) is 17.8 Å². The maximum absolute atomic E-state index is 12.6. The van der Waals surface area contributed by atoms with Crippen LogP contribution >= 0.6 is 12.4 Å². The lowest BCUT2D eigenvalue weighted by atomic mass is 10.1. The van der Waals surface area contributed by atoms with E-state index in [0.717, 1.165) is 24.9 Å². The van der Waals surface area contributed by atoms with Crippen LogP contribution in [0.2, 0.25) is 0 Å². The van der Waals surface area contributed by atoms with Crippen LogP contribution < -0.4 is 10.0 Å². The summed E-state index contributed by atoms with van der Waals surface area (Å²) in [5.41, 5.74) is 1.73. The molecule has 1 aromatic carbocycles. The van der Waals surface area contributed by atoms with Gasteiger partial charge >= 0.3 is 0 Å². The molecule has 8 heteroatoms. The van der Waals surface area contributed by atoms with Crippen molar-refractivity contribution in [2.24, 2.45) is 0 Å². The summed E-state index contributed by atoms with van der Waals surface area (Å²) in [6.07, 6.45) is 1.10. The molecule has 1 amide bonds. The van der Waals surface area contributed by atoms with E-state index < -0.39 is 10.0 Å². The Kier molecular flexibility index (Phi) is 6.22. The summed E-state index contributed by atoms with van der Waals surface area (Å²) in [6, 6.07) is 5.22. The third-order valence-electron chi connectivity index (χ3n) is 3.54. The van der Waals surface area contributed by atoms with E-state index in [9.17, 15) is 13.2 Å². The minimum Gasteiger partial charge on any atom is -0.333 e. The zero-order valence-electron chi connectivity index (χ0n) is 12.9. The first-order valence-electron chi connectivity index (χ1n) is 6.88. The molecule has 1 aliphatic rings. The lowest BCUT2D eigenvalue weighted by molar-refractivity contribution is 0.0656. The highest BCUT2D eigenvalue weighted by Crippen LogP contribution is 2.20. The van der Waals surface area contributed by atoms with E-state index >= 15 is 0 Å². The van der Waals surface area contributed by atoms with Crippen molar-refractivity contribution in [3.05, 3.63) is 29.3 Å². The van der Waals surface area contributed by atoms with Crippen LogP contribution in [-0.4, -0.2) is 51.2 Å². The Morgan fingerprint density at radius 2 is 2.09 bits per heavy atom. The summed E-state index contributed by atoms with van der Waals surface area (Å²) in [5.74, 6) is -0.0689. The summed E-state index contributed by atoms with van der Waals surface area (Å²) >= 11 is 0. The smallest absolute Gasteiger partial charge is 0.254 e. The van der Waals surface area contributed by atoms with Crippen molar-refractivity contribution >= 4 is 34.0 Å². The highest BCUT2D eigenvalue weighted by atomic mass is 35.5. The maximum atomic E-state index is 12.6. The number of benzene rings is 1. The number of halogens is 1. The van der Waals surface area contributed by atoms with Crippen LogP contribution in [0.15, 0.2) is 18.2 Å². The van der Waals surface area contributed by atoms with Crippen molar-refractivity contribution in [3.63, 3.8) is 0 Å². The van der Waals surface area contributed by atoms with Gasteiger partial charge in [0.05, 0.1) is 11.9 Å². The number of hydrogen-bond acceptors (Lipinski definition) is 4. The van der Waals surface area contributed by atoms with E-state index in [-0.39, 0.29) is 24.4 Å². The van der Waals surface area contributed by atoms with Crippen LogP contribution in [0.1, 0.15) is 22.8 Å². The monoisotopic (exact) mass is 347 g/mol. The topological polar surface area (TPSA) is 78.5 Å². The van der Waals surface area contributed by atoms with Gasteiger partial charge in [-0.15, -0.1) is 12.4 Å². The molecular weight excluding hydrogens is 326 g/mol. The van der Waals surface area contributed by atoms with Gasteiger partial charge in [-0.25, -0.2) is 8.42 Å². The van der Waals surface area contributed by atoms with Crippen molar-refractivity contribution in [2.75, 3.05) is 30.6 Å². The molecule has 0 spiro atoms. The van der Waals surface area contributed by atoms with Gasteiger partial charge in [0, 0.05) is 31.2 Å². The summed E-state index contributed by atoms with van der Waals surface area (Å²) < 4.78 is 25.2. The number of carbonyl (C=O) groups is 1. The fourth-order valence-corrected chi connectivity index (χ4v) is 2.99.